The van der Waals surface area contributed by atoms with Gasteiger partial charge >= 0.3 is 5.97 Å². The van der Waals surface area contributed by atoms with Crippen molar-refractivity contribution in [2.75, 3.05) is 24.2 Å². The lowest BCUT2D eigenvalue weighted by Crippen LogP contribution is -2.09. The minimum absolute atomic E-state index is 0.192. The van der Waals surface area contributed by atoms with Crippen LogP contribution < -0.4 is 11.1 Å². The van der Waals surface area contributed by atoms with Crippen molar-refractivity contribution in [3.05, 3.63) is 17.4 Å². The smallest absolute Gasteiger partial charge is 0.305 e. The summed E-state index contributed by atoms with van der Waals surface area (Å²) in [5, 5.41) is 3.55. The van der Waals surface area contributed by atoms with Crippen molar-refractivity contribution >= 4 is 28.9 Å². The Kier molecular flexibility index (Phi) is 5.56. The molecule has 0 aliphatic rings. The van der Waals surface area contributed by atoms with E-state index in [0.29, 0.717) is 42.4 Å². The van der Waals surface area contributed by atoms with Gasteiger partial charge in [-0.25, -0.2) is 0 Å². The van der Waals surface area contributed by atoms with Crippen LogP contribution in [0.15, 0.2) is 12.4 Å². The molecule has 6 heteroatoms. The van der Waals surface area contributed by atoms with Gasteiger partial charge in [0.15, 0.2) is 0 Å². The van der Waals surface area contributed by atoms with Crippen molar-refractivity contribution in [2.24, 2.45) is 0 Å². The number of ether oxygens (including phenoxy) is 1. The van der Waals surface area contributed by atoms with Crippen LogP contribution in [-0.2, 0) is 9.53 Å². The first-order valence-corrected chi connectivity index (χ1v) is 5.81. The molecule has 94 valence electrons. The van der Waals surface area contributed by atoms with Crippen molar-refractivity contribution in [1.82, 2.24) is 4.98 Å². The predicted octanol–water partition coefficient (Wildman–Crippen LogP) is 2.07. The number of carbonyl (C=O) groups excluding carboxylic acids is 1. The third-order valence-electron chi connectivity index (χ3n) is 2.09. The van der Waals surface area contributed by atoms with Gasteiger partial charge < -0.3 is 15.8 Å². The van der Waals surface area contributed by atoms with Crippen LogP contribution in [0.25, 0.3) is 0 Å². The van der Waals surface area contributed by atoms with Gasteiger partial charge in [-0.2, -0.15) is 0 Å². The Morgan fingerprint density at radius 1 is 1.59 bits per heavy atom. The van der Waals surface area contributed by atoms with Gasteiger partial charge in [-0.15, -0.1) is 0 Å². The van der Waals surface area contributed by atoms with Crippen molar-refractivity contribution in [1.29, 1.82) is 0 Å². The molecule has 0 amide bonds. The minimum Gasteiger partial charge on any atom is -0.466 e. The van der Waals surface area contributed by atoms with E-state index in [1.807, 2.05) is 0 Å². The Balaban J connectivity index is 2.34. The normalized spacial score (nSPS) is 10.0. The second-order valence-corrected chi connectivity index (χ2v) is 3.83. The predicted molar refractivity (Wildman–Crippen MR) is 68.0 cm³/mol. The van der Waals surface area contributed by atoms with E-state index in [0.717, 1.165) is 0 Å². The zero-order valence-electron chi connectivity index (χ0n) is 9.70. The quantitative estimate of drug-likeness (QED) is 0.603. The van der Waals surface area contributed by atoms with Crippen LogP contribution in [-0.4, -0.2) is 24.1 Å². The molecule has 1 aromatic rings. The number of aromatic nitrogens is 1. The highest BCUT2D eigenvalue weighted by molar-refractivity contribution is 6.33. The summed E-state index contributed by atoms with van der Waals surface area (Å²) in [4.78, 5) is 14.9. The number of carbonyl (C=O) groups is 1. The van der Waals surface area contributed by atoms with Crippen LogP contribution in [0.2, 0.25) is 5.02 Å². The molecule has 1 heterocycles. The van der Waals surface area contributed by atoms with Crippen LogP contribution >= 0.6 is 11.6 Å². The summed E-state index contributed by atoms with van der Waals surface area (Å²) in [6, 6.07) is 0. The van der Waals surface area contributed by atoms with Crippen LogP contribution in [0, 0.1) is 0 Å². The van der Waals surface area contributed by atoms with Gasteiger partial charge in [0.2, 0.25) is 0 Å². The van der Waals surface area contributed by atoms with E-state index in [9.17, 15) is 4.79 Å². The lowest BCUT2D eigenvalue weighted by molar-refractivity contribution is -0.143. The summed E-state index contributed by atoms with van der Waals surface area (Å²) in [5.41, 5.74) is 6.86. The number of nitrogens with zero attached hydrogens (tertiary/aromatic N) is 1. The molecule has 0 fully saturated rings. The number of nitrogens with two attached hydrogens (primary N) is 1. The molecule has 0 bridgehead atoms. The Labute approximate surface area is 105 Å². The number of anilines is 2. The molecule has 3 N–H and O–H groups in total. The van der Waals surface area contributed by atoms with Gasteiger partial charge in [-0.3, -0.25) is 9.78 Å². The van der Waals surface area contributed by atoms with Gasteiger partial charge in [-0.1, -0.05) is 11.6 Å². The average molecular weight is 258 g/mol. The fourth-order valence-electron chi connectivity index (χ4n) is 1.32. The molecule has 0 saturated carbocycles. The second-order valence-electron chi connectivity index (χ2n) is 3.42. The molecule has 0 aliphatic heterocycles. The zero-order chi connectivity index (χ0) is 12.7. The first-order chi connectivity index (χ1) is 8.15. The van der Waals surface area contributed by atoms with Crippen LogP contribution in [0.1, 0.15) is 19.8 Å². The number of pyridine rings is 1. The summed E-state index contributed by atoms with van der Waals surface area (Å²) in [5.74, 6) is -0.192. The lowest BCUT2D eigenvalue weighted by atomic mass is 10.3. The van der Waals surface area contributed by atoms with Crippen molar-refractivity contribution in [3.63, 3.8) is 0 Å². The lowest BCUT2D eigenvalue weighted by Gasteiger charge is -2.10. The summed E-state index contributed by atoms with van der Waals surface area (Å²) < 4.78 is 4.81. The summed E-state index contributed by atoms with van der Waals surface area (Å²) in [6.07, 6.45) is 4.09. The number of nitrogen functional groups attached to an aromatic ring is 1. The van der Waals surface area contributed by atoms with Crippen molar-refractivity contribution in [3.8, 4) is 0 Å². The molecule has 0 spiro atoms. The topological polar surface area (TPSA) is 77.2 Å². The highest BCUT2D eigenvalue weighted by Crippen LogP contribution is 2.26. The monoisotopic (exact) mass is 257 g/mol. The molecule has 1 aromatic heterocycles. The second kappa shape index (κ2) is 6.96. The molecule has 0 radical (unpaired) electrons. The van der Waals surface area contributed by atoms with E-state index >= 15 is 0 Å². The standard InChI is InChI=1S/C11H16ClN3O2/c1-2-17-10(16)4-3-5-15-11-8(12)6-14-7-9(11)13/h6-7H,2-5,13H2,1H3,(H,14,15). The zero-order valence-corrected chi connectivity index (χ0v) is 10.5. The third kappa shape index (κ3) is 4.48. The molecule has 17 heavy (non-hydrogen) atoms. The van der Waals surface area contributed by atoms with Gasteiger partial charge in [0.25, 0.3) is 0 Å². The number of hydrogen-bond acceptors (Lipinski definition) is 5. The minimum atomic E-state index is -0.192. The molecule has 5 nitrogen and oxygen atoms in total. The number of esters is 1. The van der Waals surface area contributed by atoms with Gasteiger partial charge in [0, 0.05) is 19.2 Å². The first-order valence-electron chi connectivity index (χ1n) is 5.43. The maximum absolute atomic E-state index is 11.1. The highest BCUT2D eigenvalue weighted by Gasteiger charge is 2.05. The number of nitrogens with one attached hydrogen (secondary N) is 1. The van der Waals surface area contributed by atoms with E-state index in [1.165, 1.54) is 12.4 Å². The first kappa shape index (κ1) is 13.6. The fourth-order valence-corrected chi connectivity index (χ4v) is 1.55. The molecular weight excluding hydrogens is 242 g/mol. The molecule has 0 aromatic carbocycles. The maximum atomic E-state index is 11.1. The maximum Gasteiger partial charge on any atom is 0.305 e. The summed E-state index contributed by atoms with van der Waals surface area (Å²) >= 11 is 5.92. The van der Waals surface area contributed by atoms with Gasteiger partial charge in [-0.05, 0) is 13.3 Å². The van der Waals surface area contributed by atoms with Crippen LogP contribution in [0.4, 0.5) is 11.4 Å². The summed E-state index contributed by atoms with van der Waals surface area (Å²) in [7, 11) is 0. The van der Waals surface area contributed by atoms with E-state index < -0.39 is 0 Å². The van der Waals surface area contributed by atoms with E-state index in [2.05, 4.69) is 10.3 Å². The largest absolute Gasteiger partial charge is 0.466 e. The summed E-state index contributed by atoms with van der Waals surface area (Å²) in [6.45, 7) is 2.80. The Bertz CT molecular complexity index is 365. The van der Waals surface area contributed by atoms with Gasteiger partial charge in [0.1, 0.15) is 0 Å². The van der Waals surface area contributed by atoms with Crippen molar-refractivity contribution < 1.29 is 9.53 Å². The third-order valence-corrected chi connectivity index (χ3v) is 2.38. The molecular formula is C11H16ClN3O2. The SMILES string of the molecule is CCOC(=O)CCCNc1c(N)cncc1Cl. The molecule has 0 saturated heterocycles. The Hall–Kier alpha value is -1.49. The number of hydrogen-bond donors (Lipinski definition) is 2. The fraction of sp³-hybridized carbons (Fsp3) is 0.455. The number of halogens is 1. The highest BCUT2D eigenvalue weighted by atomic mass is 35.5. The molecule has 1 rings (SSSR count). The molecule has 0 unspecified atom stereocenters. The van der Waals surface area contributed by atoms with Gasteiger partial charge in [0.05, 0.1) is 29.2 Å². The van der Waals surface area contributed by atoms with Crippen LogP contribution in [0.5, 0.6) is 0 Å². The van der Waals surface area contributed by atoms with Crippen molar-refractivity contribution in [2.45, 2.75) is 19.8 Å². The van der Waals surface area contributed by atoms with E-state index in [-0.39, 0.29) is 5.97 Å². The Morgan fingerprint density at radius 3 is 3.00 bits per heavy atom. The van der Waals surface area contributed by atoms with E-state index in [1.54, 1.807) is 6.92 Å². The molecule has 0 atom stereocenters. The average Bonchev–Trinajstić information content (AvgIpc) is 2.28. The number of rotatable bonds is 6. The van der Waals surface area contributed by atoms with E-state index in [4.69, 9.17) is 22.1 Å². The molecule has 0 aliphatic carbocycles. The Morgan fingerprint density at radius 2 is 2.35 bits per heavy atom. The van der Waals surface area contributed by atoms with Crippen LogP contribution in [0.3, 0.4) is 0 Å².